The number of fused-ring (bicyclic) bond motifs is 5. The topological polar surface area (TPSA) is 43.1 Å². The van der Waals surface area contributed by atoms with Gasteiger partial charge in [0.15, 0.2) is 11.5 Å². The molecule has 0 saturated heterocycles. The van der Waals surface area contributed by atoms with Crippen molar-refractivity contribution in [2.24, 2.45) is 0 Å². The van der Waals surface area contributed by atoms with Crippen molar-refractivity contribution in [2.75, 3.05) is 0 Å². The first-order chi connectivity index (χ1) is 12.3. The van der Waals surface area contributed by atoms with Gasteiger partial charge >= 0.3 is 0 Å². The van der Waals surface area contributed by atoms with E-state index in [1.807, 2.05) is 22.2 Å². The van der Waals surface area contributed by atoms with Crippen LogP contribution < -0.4 is 0 Å². The molecule has 0 radical (unpaired) electrons. The van der Waals surface area contributed by atoms with Crippen LogP contribution in [0.15, 0.2) is 30.6 Å². The molecule has 1 fully saturated rings. The molecule has 0 amide bonds. The van der Waals surface area contributed by atoms with Gasteiger partial charge in [-0.2, -0.15) is 0 Å². The van der Waals surface area contributed by atoms with Crippen LogP contribution in [0.25, 0.3) is 15.9 Å². The molecule has 2 aliphatic carbocycles. The van der Waals surface area contributed by atoms with Crippen molar-refractivity contribution < 1.29 is 0 Å². The van der Waals surface area contributed by atoms with E-state index in [0.717, 1.165) is 29.1 Å². The summed E-state index contributed by atoms with van der Waals surface area (Å²) < 4.78 is 1.90. The average Bonchev–Trinajstić information content (AvgIpc) is 2.94. The molecule has 0 spiro atoms. The second kappa shape index (κ2) is 4.88. The zero-order valence-electron chi connectivity index (χ0n) is 14.1. The standard InChI is InChI=1S/C20H18N4S/c1-11-5-7-12(8-6-11)14-9-15(14)18-22-19-17-13-3-2-4-16(13)25-20(17)21-10-24(19)23-18/h5-8,10,14-15H,2-4,9H2,1H3/t14-,15-/m0/s1. The number of aromatic nitrogens is 4. The first-order valence-corrected chi connectivity index (χ1v) is 9.81. The molecule has 0 unspecified atom stereocenters. The zero-order valence-corrected chi connectivity index (χ0v) is 14.9. The Balaban J connectivity index is 1.43. The van der Waals surface area contributed by atoms with E-state index in [2.05, 4.69) is 36.2 Å². The van der Waals surface area contributed by atoms with Gasteiger partial charge in [-0.05, 0) is 49.7 Å². The number of hydrogen-bond donors (Lipinski definition) is 0. The maximum absolute atomic E-state index is 4.96. The lowest BCUT2D eigenvalue weighted by Crippen LogP contribution is -1.91. The van der Waals surface area contributed by atoms with Crippen molar-refractivity contribution in [1.29, 1.82) is 0 Å². The van der Waals surface area contributed by atoms with Gasteiger partial charge in [0.1, 0.15) is 11.2 Å². The van der Waals surface area contributed by atoms with E-state index < -0.39 is 0 Å². The molecule has 1 saturated carbocycles. The minimum atomic E-state index is 0.448. The summed E-state index contributed by atoms with van der Waals surface area (Å²) in [6.07, 6.45) is 6.61. The normalized spacial score (nSPS) is 22.0. The fourth-order valence-corrected chi connectivity index (χ4v) is 5.45. The minimum absolute atomic E-state index is 0.448. The van der Waals surface area contributed by atoms with E-state index in [4.69, 9.17) is 10.1 Å². The number of rotatable bonds is 2. The van der Waals surface area contributed by atoms with Crippen LogP contribution in [0.3, 0.4) is 0 Å². The largest absolute Gasteiger partial charge is 0.225 e. The third-order valence-corrected chi connectivity index (χ3v) is 6.89. The van der Waals surface area contributed by atoms with Crippen molar-refractivity contribution in [2.45, 2.75) is 44.4 Å². The third kappa shape index (κ3) is 2.02. The van der Waals surface area contributed by atoms with Gasteiger partial charge in [0, 0.05) is 10.8 Å². The first-order valence-electron chi connectivity index (χ1n) is 9.00. The van der Waals surface area contributed by atoms with Crippen LogP contribution in [0, 0.1) is 6.92 Å². The molecule has 6 rings (SSSR count). The summed E-state index contributed by atoms with van der Waals surface area (Å²) in [5, 5.41) is 6.03. The van der Waals surface area contributed by atoms with Gasteiger partial charge in [0.25, 0.3) is 0 Å². The average molecular weight is 346 g/mol. The Morgan fingerprint density at radius 2 is 2.00 bits per heavy atom. The van der Waals surface area contributed by atoms with Gasteiger partial charge in [0.2, 0.25) is 0 Å². The predicted octanol–water partition coefficient (Wildman–Crippen LogP) is 4.41. The summed E-state index contributed by atoms with van der Waals surface area (Å²) in [7, 11) is 0. The molecule has 25 heavy (non-hydrogen) atoms. The molecule has 5 heteroatoms. The fourth-order valence-electron chi connectivity index (χ4n) is 4.23. The third-order valence-electron chi connectivity index (χ3n) is 5.69. The lowest BCUT2D eigenvalue weighted by Gasteiger charge is -1.99. The molecule has 1 aromatic carbocycles. The molecule has 0 aliphatic heterocycles. The highest BCUT2D eigenvalue weighted by Gasteiger charge is 2.42. The van der Waals surface area contributed by atoms with E-state index in [0.29, 0.717) is 11.8 Å². The number of hydrogen-bond acceptors (Lipinski definition) is 4. The van der Waals surface area contributed by atoms with Gasteiger partial charge in [-0.15, -0.1) is 16.4 Å². The minimum Gasteiger partial charge on any atom is -0.225 e. The lowest BCUT2D eigenvalue weighted by molar-refractivity contribution is 0.850. The smallest absolute Gasteiger partial charge is 0.167 e. The van der Waals surface area contributed by atoms with Crippen molar-refractivity contribution in [1.82, 2.24) is 19.6 Å². The summed E-state index contributed by atoms with van der Waals surface area (Å²) in [5.41, 5.74) is 5.21. The number of benzene rings is 1. The van der Waals surface area contributed by atoms with Crippen LogP contribution in [0.5, 0.6) is 0 Å². The maximum Gasteiger partial charge on any atom is 0.167 e. The Labute approximate surface area is 149 Å². The number of nitrogens with zero attached hydrogens (tertiary/aromatic N) is 4. The van der Waals surface area contributed by atoms with Gasteiger partial charge < -0.3 is 0 Å². The molecule has 4 nitrogen and oxygen atoms in total. The second-order valence-corrected chi connectivity index (χ2v) is 8.46. The van der Waals surface area contributed by atoms with Crippen LogP contribution in [0.4, 0.5) is 0 Å². The van der Waals surface area contributed by atoms with Crippen molar-refractivity contribution in [3.05, 3.63) is 58.0 Å². The van der Waals surface area contributed by atoms with Crippen molar-refractivity contribution in [3.8, 4) is 0 Å². The van der Waals surface area contributed by atoms with E-state index >= 15 is 0 Å². The van der Waals surface area contributed by atoms with Crippen LogP contribution in [0.1, 0.15) is 52.1 Å². The quantitative estimate of drug-likeness (QED) is 0.540. The Morgan fingerprint density at radius 1 is 1.12 bits per heavy atom. The van der Waals surface area contributed by atoms with Gasteiger partial charge in [-0.1, -0.05) is 29.8 Å². The number of thiophene rings is 1. The Kier molecular flexibility index (Phi) is 2.73. The Bertz CT molecular complexity index is 1120. The summed E-state index contributed by atoms with van der Waals surface area (Å²) in [4.78, 5) is 12.2. The lowest BCUT2D eigenvalue weighted by atomic mass is 10.1. The first kappa shape index (κ1) is 14.0. The molecule has 3 aromatic heterocycles. The fraction of sp³-hybridized carbons (Fsp3) is 0.350. The van der Waals surface area contributed by atoms with Gasteiger partial charge in [0.05, 0.1) is 5.39 Å². The molecule has 0 N–H and O–H groups in total. The molecular weight excluding hydrogens is 328 g/mol. The van der Waals surface area contributed by atoms with Crippen molar-refractivity contribution in [3.63, 3.8) is 0 Å². The Hall–Kier alpha value is -2.27. The zero-order chi connectivity index (χ0) is 16.5. The van der Waals surface area contributed by atoms with E-state index in [1.54, 1.807) is 0 Å². The van der Waals surface area contributed by atoms with Crippen LogP contribution in [-0.4, -0.2) is 19.6 Å². The molecule has 4 aromatic rings. The van der Waals surface area contributed by atoms with E-state index in [1.165, 1.54) is 39.8 Å². The summed E-state index contributed by atoms with van der Waals surface area (Å²) in [6.45, 7) is 2.13. The van der Waals surface area contributed by atoms with Gasteiger partial charge in [-0.3, -0.25) is 0 Å². The summed E-state index contributed by atoms with van der Waals surface area (Å²) in [5.74, 6) is 2.00. The highest BCUT2D eigenvalue weighted by molar-refractivity contribution is 7.19. The predicted molar refractivity (Wildman–Crippen MR) is 99.5 cm³/mol. The molecule has 3 heterocycles. The maximum atomic E-state index is 4.96. The SMILES string of the molecule is Cc1ccc([C@@H]2C[C@@H]2c2nc3c4c5c(sc4ncn3n2)CCC5)cc1. The summed E-state index contributed by atoms with van der Waals surface area (Å²) in [6, 6.07) is 8.90. The molecule has 2 atom stereocenters. The highest BCUT2D eigenvalue weighted by Crippen LogP contribution is 2.53. The second-order valence-electron chi connectivity index (χ2n) is 7.38. The Morgan fingerprint density at radius 3 is 2.88 bits per heavy atom. The molecule has 124 valence electrons. The molecule has 0 bridgehead atoms. The van der Waals surface area contributed by atoms with Crippen LogP contribution >= 0.6 is 11.3 Å². The monoisotopic (exact) mass is 346 g/mol. The van der Waals surface area contributed by atoms with Crippen LogP contribution in [0.2, 0.25) is 0 Å². The van der Waals surface area contributed by atoms with Crippen molar-refractivity contribution >= 4 is 27.2 Å². The summed E-state index contributed by atoms with van der Waals surface area (Å²) >= 11 is 1.84. The van der Waals surface area contributed by atoms with Crippen LogP contribution in [-0.2, 0) is 12.8 Å². The van der Waals surface area contributed by atoms with E-state index in [-0.39, 0.29) is 0 Å². The highest BCUT2D eigenvalue weighted by atomic mass is 32.1. The molecule has 2 aliphatic rings. The molecular formula is C20H18N4S. The van der Waals surface area contributed by atoms with E-state index in [9.17, 15) is 0 Å². The van der Waals surface area contributed by atoms with Gasteiger partial charge in [-0.25, -0.2) is 14.5 Å². The number of aryl methyl sites for hydroxylation is 3.